The van der Waals surface area contributed by atoms with Crippen molar-refractivity contribution in [3.63, 3.8) is 0 Å². The molecule has 0 N–H and O–H groups in total. The molecule has 0 fully saturated rings. The Morgan fingerprint density at radius 1 is 0.158 bits per heavy atom. The third-order valence-corrected chi connectivity index (χ3v) is 21.9. The molecule has 8 aromatic carbocycles. The highest BCUT2D eigenvalue weighted by molar-refractivity contribution is 5.78. The highest BCUT2D eigenvalue weighted by Gasteiger charge is 2.35. The van der Waals surface area contributed by atoms with Crippen molar-refractivity contribution >= 4 is 47.8 Å². The normalized spacial score (nSPS) is 13.3. The standard InChI is InChI=1S/C104H128O16/c1-57(105)113-89-65-33-67-43-82(98(12,13)14)45-69(90(67)114-58(2)106)35-71-47-84(100(18,19)20)49-73(92(71)116-60(4)108)37-75-51-86(102(24,25)26)53-77(94(75)118-62(6)110)39-79-55-88(104(30,31)32)56-80(96(79)120-64(8)112)40-78-54-87(103(27,28)29)52-76(95(78)119-63(7)111)38-74-50-85(101(21,22)23)48-72(93(74)117-61(5)109)36-70-46-83(99(15,16)17)44-68(91(70)115-59(3)107)34-66(89)42-81(41-65)97(9,10)11/h41-56H,33-40H2,1-32H3. The number of benzene rings is 8. The van der Waals surface area contributed by atoms with Gasteiger partial charge in [-0.05, 0) is 87.8 Å². The van der Waals surface area contributed by atoms with Crippen LogP contribution in [-0.2, 0) is 133 Å². The molecule has 640 valence electrons. The number of carbonyl (C=O) groups is 8. The van der Waals surface area contributed by atoms with E-state index in [0.717, 1.165) is 44.5 Å². The van der Waals surface area contributed by atoms with E-state index in [-0.39, 0.29) is 97.4 Å². The maximum absolute atomic E-state index is 14.1. The van der Waals surface area contributed by atoms with E-state index in [2.05, 4.69) is 166 Å². The summed E-state index contributed by atoms with van der Waals surface area (Å²) in [5, 5.41) is 0. The minimum Gasteiger partial charge on any atom is -0.426 e. The number of rotatable bonds is 8. The lowest BCUT2D eigenvalue weighted by molar-refractivity contribution is -0.133. The molecule has 16 heteroatoms. The van der Waals surface area contributed by atoms with Crippen molar-refractivity contribution in [2.45, 2.75) is 316 Å². The van der Waals surface area contributed by atoms with Crippen molar-refractivity contribution in [1.82, 2.24) is 0 Å². The summed E-state index contributed by atoms with van der Waals surface area (Å²) < 4.78 is 52.5. The van der Waals surface area contributed by atoms with Gasteiger partial charge in [0.05, 0.1) is 0 Å². The zero-order chi connectivity index (χ0) is 89.7. The minimum absolute atomic E-state index is 0.0539. The van der Waals surface area contributed by atoms with E-state index in [4.69, 9.17) is 37.9 Å². The fraction of sp³-hybridized carbons (Fsp3) is 0.462. The molecule has 16 bridgehead atoms. The summed E-state index contributed by atoms with van der Waals surface area (Å²) in [5.41, 5.74) is 12.1. The first-order chi connectivity index (χ1) is 55.0. The molecule has 0 saturated heterocycles. The van der Waals surface area contributed by atoms with Crippen LogP contribution in [0.2, 0.25) is 0 Å². The molecule has 0 amide bonds. The first-order valence-electron chi connectivity index (χ1n) is 41.8. The number of hydrogen-bond donors (Lipinski definition) is 0. The van der Waals surface area contributed by atoms with Crippen LogP contribution in [-0.4, -0.2) is 47.8 Å². The summed E-state index contributed by atoms with van der Waals surface area (Å²) in [5.74, 6) is -2.79. The second kappa shape index (κ2) is 34.9. The van der Waals surface area contributed by atoms with E-state index in [0.29, 0.717) is 89.0 Å². The third-order valence-electron chi connectivity index (χ3n) is 21.9. The van der Waals surface area contributed by atoms with Crippen LogP contribution >= 0.6 is 0 Å². The second-order valence-corrected chi connectivity index (χ2v) is 41.2. The quantitative estimate of drug-likeness (QED) is 0.102. The van der Waals surface area contributed by atoms with E-state index in [1.54, 1.807) is 0 Å². The Morgan fingerprint density at radius 3 is 0.275 bits per heavy atom. The van der Waals surface area contributed by atoms with E-state index in [9.17, 15) is 38.4 Å². The average molecular weight is 1630 g/mol. The fourth-order valence-corrected chi connectivity index (χ4v) is 15.4. The molecule has 0 aliphatic heterocycles. The predicted octanol–water partition coefficient (Wildman–Crippen LogP) is 22.5. The number of fused-ring (bicyclic) bond motifs is 16. The van der Waals surface area contributed by atoms with Crippen LogP contribution in [0.5, 0.6) is 46.0 Å². The SMILES string of the molecule is CC(=O)Oc1c2cc(C(C)(C)C)cc1Cc1cc(C(C)(C)C)cc(c1OC(C)=O)Cc1cc(C(C)(C)C)cc(c1OC(C)=O)Cc1cc(C(C)(C)C)cc(c1OC(C)=O)Cc1cc(C(C)(C)C)cc(c1OC(C)=O)Cc1cc(C(C)(C)C)cc(c1OC(C)=O)Cc1cc(C(C)(C)C)cc(c1OC(C)=O)Cc1cc(C(C)(C)C)cc(c1OC(C)=O)C2. The molecule has 0 spiro atoms. The molecule has 1 aliphatic carbocycles. The summed E-state index contributed by atoms with van der Waals surface area (Å²) >= 11 is 0. The first kappa shape index (κ1) is 93.4. The van der Waals surface area contributed by atoms with Gasteiger partial charge in [0, 0.05) is 196 Å². The molecule has 16 nitrogen and oxygen atoms in total. The van der Waals surface area contributed by atoms with Crippen LogP contribution in [0.25, 0.3) is 0 Å². The Bertz CT molecular complexity index is 4220. The largest absolute Gasteiger partial charge is 0.426 e. The number of esters is 8. The van der Waals surface area contributed by atoms with Crippen molar-refractivity contribution in [1.29, 1.82) is 0 Å². The van der Waals surface area contributed by atoms with Crippen molar-refractivity contribution in [3.8, 4) is 46.0 Å². The van der Waals surface area contributed by atoms with E-state index >= 15 is 0 Å². The summed E-state index contributed by atoms with van der Waals surface area (Å²) in [4.78, 5) is 113. The molecule has 1 aliphatic rings. The van der Waals surface area contributed by atoms with Crippen LogP contribution in [0.4, 0.5) is 0 Å². The molecular weight excluding hydrogens is 1510 g/mol. The van der Waals surface area contributed by atoms with Gasteiger partial charge in [-0.3, -0.25) is 38.4 Å². The zero-order valence-corrected chi connectivity index (χ0v) is 77.4. The van der Waals surface area contributed by atoms with E-state index in [1.807, 2.05) is 97.1 Å². The van der Waals surface area contributed by atoms with Gasteiger partial charge >= 0.3 is 47.8 Å². The van der Waals surface area contributed by atoms with Crippen LogP contribution in [0.1, 0.15) is 355 Å². The fourth-order valence-electron chi connectivity index (χ4n) is 15.4. The zero-order valence-electron chi connectivity index (χ0n) is 77.4. The van der Waals surface area contributed by atoms with Gasteiger partial charge in [-0.2, -0.15) is 0 Å². The van der Waals surface area contributed by atoms with E-state index in [1.165, 1.54) is 55.4 Å². The van der Waals surface area contributed by atoms with Crippen molar-refractivity contribution < 1.29 is 76.3 Å². The molecule has 0 radical (unpaired) electrons. The first-order valence-corrected chi connectivity index (χ1v) is 41.8. The molecule has 9 rings (SSSR count). The van der Waals surface area contributed by atoms with Crippen LogP contribution in [0.15, 0.2) is 97.1 Å². The third kappa shape index (κ3) is 23.2. The van der Waals surface area contributed by atoms with E-state index < -0.39 is 91.1 Å². The van der Waals surface area contributed by atoms with Gasteiger partial charge in [0.1, 0.15) is 46.0 Å². The Balaban J connectivity index is 1.53. The number of hydrogen-bond acceptors (Lipinski definition) is 16. The van der Waals surface area contributed by atoms with Gasteiger partial charge < -0.3 is 37.9 Å². The summed E-state index contributed by atoms with van der Waals surface area (Å²) in [6, 6.07) is 32.5. The molecule has 0 atom stereocenters. The van der Waals surface area contributed by atoms with Gasteiger partial charge in [0.25, 0.3) is 0 Å². The molecule has 8 aromatic rings. The number of ether oxygens (including phenoxy) is 8. The molecule has 0 saturated carbocycles. The van der Waals surface area contributed by atoms with Crippen molar-refractivity contribution in [3.05, 3.63) is 231 Å². The van der Waals surface area contributed by atoms with Crippen molar-refractivity contribution in [2.75, 3.05) is 0 Å². The van der Waals surface area contributed by atoms with Gasteiger partial charge in [-0.15, -0.1) is 0 Å². The molecular formula is C104H128O16. The lowest BCUT2D eigenvalue weighted by Crippen LogP contribution is -2.19. The summed E-state index contributed by atoms with van der Waals surface area (Å²) in [7, 11) is 0. The topological polar surface area (TPSA) is 210 Å². The summed E-state index contributed by atoms with van der Waals surface area (Å²) in [6.45, 7) is 61.2. The van der Waals surface area contributed by atoms with Crippen LogP contribution < -0.4 is 37.9 Å². The maximum atomic E-state index is 14.1. The van der Waals surface area contributed by atoms with Crippen LogP contribution in [0, 0.1) is 0 Å². The van der Waals surface area contributed by atoms with Gasteiger partial charge in [0.2, 0.25) is 0 Å². The Morgan fingerprint density at radius 2 is 0.225 bits per heavy atom. The highest BCUT2D eigenvalue weighted by atomic mass is 16.6. The molecule has 120 heavy (non-hydrogen) atoms. The summed E-state index contributed by atoms with van der Waals surface area (Å²) in [6.07, 6.45) is 0.431. The Kier molecular flexibility index (Phi) is 27.2. The second-order valence-electron chi connectivity index (χ2n) is 41.2. The lowest BCUT2D eigenvalue weighted by atomic mass is 9.79. The average Bonchev–Trinajstić information content (AvgIpc) is 0.765. The molecule has 0 heterocycles. The lowest BCUT2D eigenvalue weighted by Gasteiger charge is -2.28. The smallest absolute Gasteiger partial charge is 0.308 e. The van der Waals surface area contributed by atoms with Crippen molar-refractivity contribution in [2.24, 2.45) is 0 Å². The highest BCUT2D eigenvalue weighted by Crippen LogP contribution is 2.49. The van der Waals surface area contributed by atoms with Crippen LogP contribution in [0.3, 0.4) is 0 Å². The predicted molar refractivity (Wildman–Crippen MR) is 474 cm³/mol. The van der Waals surface area contributed by atoms with Gasteiger partial charge in [0.15, 0.2) is 0 Å². The Labute approximate surface area is 712 Å². The minimum atomic E-state index is -0.599. The van der Waals surface area contributed by atoms with Gasteiger partial charge in [-0.1, -0.05) is 263 Å². The Hall–Kier alpha value is -10.5. The maximum Gasteiger partial charge on any atom is 0.308 e. The monoisotopic (exact) mass is 1630 g/mol. The van der Waals surface area contributed by atoms with Gasteiger partial charge in [-0.25, -0.2) is 0 Å². The molecule has 0 unspecified atom stereocenters. The molecule has 0 aromatic heterocycles. The number of carbonyl (C=O) groups excluding carboxylic acids is 8.